The van der Waals surface area contributed by atoms with Gasteiger partial charge in [-0.15, -0.1) is 0 Å². The van der Waals surface area contributed by atoms with E-state index in [0.29, 0.717) is 6.54 Å². The third-order valence-corrected chi connectivity index (χ3v) is 6.47. The highest BCUT2D eigenvalue weighted by molar-refractivity contribution is 5.79. The van der Waals surface area contributed by atoms with Crippen LogP contribution in [0.3, 0.4) is 0 Å². The van der Waals surface area contributed by atoms with E-state index in [1.54, 1.807) is 0 Å². The van der Waals surface area contributed by atoms with Crippen LogP contribution in [0.5, 0.6) is 0 Å². The lowest BCUT2D eigenvalue weighted by atomic mass is 9.96. The fraction of sp³-hybridized carbons (Fsp3) is 0.500. The summed E-state index contributed by atoms with van der Waals surface area (Å²) in [5.41, 5.74) is 5.17. The fourth-order valence-electron chi connectivity index (χ4n) is 4.74. The number of amides is 1. The van der Waals surface area contributed by atoms with Gasteiger partial charge in [0, 0.05) is 26.2 Å². The number of nitrogens with zero attached hydrogens (tertiary/aromatic N) is 2. The molecule has 2 aliphatic heterocycles. The molecule has 4 heteroatoms. The predicted octanol–water partition coefficient (Wildman–Crippen LogP) is 4.12. The number of aryl methyl sites for hydroxylation is 1. The highest BCUT2D eigenvalue weighted by atomic mass is 16.1. The Balaban J connectivity index is 1.26. The summed E-state index contributed by atoms with van der Waals surface area (Å²) in [4.78, 5) is 17.8. The van der Waals surface area contributed by atoms with Gasteiger partial charge in [-0.2, -0.15) is 0 Å². The number of carbonyl (C=O) groups excluding carboxylic acids is 1. The van der Waals surface area contributed by atoms with E-state index in [0.717, 1.165) is 39.0 Å². The van der Waals surface area contributed by atoms with E-state index < -0.39 is 0 Å². The molecule has 160 valence electrons. The molecule has 1 atom stereocenters. The van der Waals surface area contributed by atoms with Crippen molar-refractivity contribution >= 4 is 5.91 Å². The van der Waals surface area contributed by atoms with Crippen LogP contribution in [-0.4, -0.2) is 41.9 Å². The first-order chi connectivity index (χ1) is 14.7. The number of benzene rings is 2. The molecule has 0 aliphatic carbocycles. The van der Waals surface area contributed by atoms with Gasteiger partial charge in [-0.1, -0.05) is 54.1 Å². The fourth-order valence-corrected chi connectivity index (χ4v) is 4.74. The maximum atomic E-state index is 12.8. The largest absolute Gasteiger partial charge is 0.352 e. The monoisotopic (exact) mass is 405 g/mol. The maximum Gasteiger partial charge on any atom is 0.224 e. The van der Waals surface area contributed by atoms with Crippen molar-refractivity contribution in [2.75, 3.05) is 26.2 Å². The van der Waals surface area contributed by atoms with Crippen molar-refractivity contribution in [2.24, 2.45) is 5.92 Å². The van der Waals surface area contributed by atoms with Crippen LogP contribution in [0, 0.1) is 12.8 Å². The Morgan fingerprint density at radius 1 is 0.900 bits per heavy atom. The molecular formula is C26H35N3O. The molecule has 2 aromatic rings. The van der Waals surface area contributed by atoms with Gasteiger partial charge >= 0.3 is 0 Å². The standard InChI is InChI=1S/C26H35N3O/c1-21-9-11-22(12-10-21)18-29-15-5-8-25(20-29)26(30)27-17-23-6-4-7-24(16-23)19-28-13-2-3-14-28/h4,6-7,9-12,16,25H,2-3,5,8,13-15,17-20H2,1H3,(H,27,30). The molecule has 2 heterocycles. The van der Waals surface area contributed by atoms with Gasteiger partial charge in [0.05, 0.1) is 5.92 Å². The second-order valence-electron chi connectivity index (χ2n) is 9.08. The molecule has 2 aliphatic rings. The second-order valence-corrected chi connectivity index (χ2v) is 9.08. The van der Waals surface area contributed by atoms with E-state index >= 15 is 0 Å². The van der Waals surface area contributed by atoms with Crippen LogP contribution in [0.25, 0.3) is 0 Å². The lowest BCUT2D eigenvalue weighted by molar-refractivity contribution is -0.126. The summed E-state index contributed by atoms with van der Waals surface area (Å²) >= 11 is 0. The lowest BCUT2D eigenvalue weighted by Crippen LogP contribution is -2.42. The van der Waals surface area contributed by atoms with E-state index in [2.05, 4.69) is 70.6 Å². The minimum absolute atomic E-state index is 0.0944. The average molecular weight is 406 g/mol. The SMILES string of the molecule is Cc1ccc(CN2CCCC(C(=O)NCc3cccc(CN4CCCC4)c3)C2)cc1. The molecule has 1 N–H and O–H groups in total. The molecule has 0 spiro atoms. The number of hydrogen-bond donors (Lipinski definition) is 1. The number of piperidine rings is 1. The Morgan fingerprint density at radius 2 is 1.60 bits per heavy atom. The van der Waals surface area contributed by atoms with Gasteiger partial charge in [0.25, 0.3) is 0 Å². The van der Waals surface area contributed by atoms with Gasteiger partial charge < -0.3 is 5.32 Å². The van der Waals surface area contributed by atoms with Gasteiger partial charge in [-0.05, 0) is 68.9 Å². The molecule has 0 aromatic heterocycles. The van der Waals surface area contributed by atoms with Crippen molar-refractivity contribution < 1.29 is 4.79 Å². The van der Waals surface area contributed by atoms with Crippen LogP contribution < -0.4 is 5.32 Å². The number of hydrogen-bond acceptors (Lipinski definition) is 3. The van der Waals surface area contributed by atoms with Gasteiger partial charge in [-0.25, -0.2) is 0 Å². The molecule has 0 bridgehead atoms. The van der Waals surface area contributed by atoms with Crippen LogP contribution in [0.2, 0.25) is 0 Å². The van der Waals surface area contributed by atoms with Gasteiger partial charge in [0.15, 0.2) is 0 Å². The number of nitrogens with one attached hydrogen (secondary N) is 1. The van der Waals surface area contributed by atoms with Gasteiger partial charge in [0.2, 0.25) is 5.91 Å². The molecule has 2 aromatic carbocycles. The molecule has 2 saturated heterocycles. The van der Waals surface area contributed by atoms with Crippen molar-refractivity contribution in [1.29, 1.82) is 0 Å². The first kappa shape index (κ1) is 21.1. The minimum atomic E-state index is 0.0944. The van der Waals surface area contributed by atoms with E-state index in [1.807, 2.05) is 0 Å². The zero-order valence-corrected chi connectivity index (χ0v) is 18.3. The van der Waals surface area contributed by atoms with Crippen LogP contribution in [-0.2, 0) is 24.4 Å². The van der Waals surface area contributed by atoms with Crippen molar-refractivity contribution in [3.05, 3.63) is 70.8 Å². The molecule has 4 nitrogen and oxygen atoms in total. The van der Waals surface area contributed by atoms with Gasteiger partial charge in [0.1, 0.15) is 0 Å². The van der Waals surface area contributed by atoms with E-state index in [1.165, 1.54) is 48.2 Å². The first-order valence-electron chi connectivity index (χ1n) is 11.5. The maximum absolute atomic E-state index is 12.8. The molecule has 30 heavy (non-hydrogen) atoms. The molecule has 0 saturated carbocycles. The summed E-state index contributed by atoms with van der Waals surface area (Å²) in [6.07, 6.45) is 4.72. The molecular weight excluding hydrogens is 370 g/mol. The number of rotatable bonds is 7. The summed E-state index contributed by atoms with van der Waals surface area (Å²) in [5.74, 6) is 0.297. The van der Waals surface area contributed by atoms with Crippen molar-refractivity contribution in [2.45, 2.75) is 52.2 Å². The Kier molecular flexibility index (Phi) is 7.19. The van der Waals surface area contributed by atoms with Crippen molar-refractivity contribution in [1.82, 2.24) is 15.1 Å². The Labute approximate surface area is 181 Å². The van der Waals surface area contributed by atoms with Crippen molar-refractivity contribution in [3.63, 3.8) is 0 Å². The minimum Gasteiger partial charge on any atom is -0.352 e. The average Bonchev–Trinajstić information content (AvgIpc) is 3.27. The molecule has 4 rings (SSSR count). The van der Waals surface area contributed by atoms with Gasteiger partial charge in [-0.3, -0.25) is 14.6 Å². The summed E-state index contributed by atoms with van der Waals surface area (Å²) in [5, 5.41) is 3.20. The highest BCUT2D eigenvalue weighted by Crippen LogP contribution is 2.20. The second kappa shape index (κ2) is 10.2. The topological polar surface area (TPSA) is 35.6 Å². The quantitative estimate of drug-likeness (QED) is 0.753. The summed E-state index contributed by atoms with van der Waals surface area (Å²) in [6.45, 7) is 9.06. The Bertz CT molecular complexity index is 826. The molecule has 2 fully saturated rings. The zero-order chi connectivity index (χ0) is 20.8. The smallest absolute Gasteiger partial charge is 0.224 e. The summed E-state index contributed by atoms with van der Waals surface area (Å²) < 4.78 is 0. The Morgan fingerprint density at radius 3 is 2.40 bits per heavy atom. The van der Waals surface area contributed by atoms with E-state index in [9.17, 15) is 4.79 Å². The summed E-state index contributed by atoms with van der Waals surface area (Å²) in [7, 11) is 0. The third-order valence-electron chi connectivity index (χ3n) is 6.47. The van der Waals surface area contributed by atoms with Crippen LogP contribution in [0.4, 0.5) is 0 Å². The zero-order valence-electron chi connectivity index (χ0n) is 18.3. The third kappa shape index (κ3) is 5.93. The molecule has 1 unspecified atom stereocenters. The van der Waals surface area contributed by atoms with Crippen LogP contribution >= 0.6 is 0 Å². The number of carbonyl (C=O) groups is 1. The van der Waals surface area contributed by atoms with Crippen LogP contribution in [0.1, 0.15) is 47.9 Å². The predicted molar refractivity (Wildman–Crippen MR) is 122 cm³/mol. The Hall–Kier alpha value is -2.17. The first-order valence-corrected chi connectivity index (χ1v) is 11.5. The van der Waals surface area contributed by atoms with Crippen LogP contribution in [0.15, 0.2) is 48.5 Å². The molecule has 0 radical (unpaired) electrons. The summed E-state index contributed by atoms with van der Waals surface area (Å²) in [6, 6.07) is 17.4. The van der Waals surface area contributed by atoms with E-state index in [-0.39, 0.29) is 11.8 Å². The van der Waals surface area contributed by atoms with Crippen molar-refractivity contribution in [3.8, 4) is 0 Å². The number of likely N-dealkylation sites (tertiary alicyclic amines) is 2. The lowest BCUT2D eigenvalue weighted by Gasteiger charge is -2.32. The highest BCUT2D eigenvalue weighted by Gasteiger charge is 2.25. The van der Waals surface area contributed by atoms with E-state index in [4.69, 9.17) is 0 Å². The molecule has 1 amide bonds. The normalized spacial score (nSPS) is 20.4.